The predicted molar refractivity (Wildman–Crippen MR) is 82.5 cm³/mol. The van der Waals surface area contributed by atoms with E-state index < -0.39 is 0 Å². The zero-order valence-corrected chi connectivity index (χ0v) is 12.3. The first-order valence-corrected chi connectivity index (χ1v) is 6.85. The third-order valence-corrected chi connectivity index (χ3v) is 3.99. The lowest BCUT2D eigenvalue weighted by atomic mass is 10.1. The van der Waals surface area contributed by atoms with E-state index in [1.54, 1.807) is 0 Å². The molecule has 3 aromatic rings. The summed E-state index contributed by atoms with van der Waals surface area (Å²) in [5.41, 5.74) is 0.0852. The minimum Gasteiger partial charge on any atom is -0.269 e. The summed E-state index contributed by atoms with van der Waals surface area (Å²) >= 11 is 3.51. The Kier molecular flexibility index (Phi) is 3.06. The highest BCUT2D eigenvalue weighted by molar-refractivity contribution is 9.10. The standard InChI is InChI=1S/C15H11BrN2O2/c1-17-14(19)8-9-18(15(17)20)13-7-3-4-10-11(13)5-2-6-12(10)16/h2-9H,1H3. The van der Waals surface area contributed by atoms with Gasteiger partial charge in [0.25, 0.3) is 5.56 Å². The predicted octanol–water partition coefficient (Wildman–Crippen LogP) is 2.45. The number of aromatic nitrogens is 2. The van der Waals surface area contributed by atoms with Crippen LogP contribution in [0.25, 0.3) is 16.5 Å². The lowest BCUT2D eigenvalue weighted by Crippen LogP contribution is -2.36. The van der Waals surface area contributed by atoms with Crippen molar-refractivity contribution in [2.45, 2.75) is 0 Å². The van der Waals surface area contributed by atoms with Gasteiger partial charge in [-0.2, -0.15) is 0 Å². The molecule has 5 heteroatoms. The van der Waals surface area contributed by atoms with Crippen LogP contribution in [-0.4, -0.2) is 9.13 Å². The fourth-order valence-corrected chi connectivity index (χ4v) is 2.72. The number of rotatable bonds is 1. The van der Waals surface area contributed by atoms with E-state index in [-0.39, 0.29) is 11.2 Å². The topological polar surface area (TPSA) is 44.0 Å². The van der Waals surface area contributed by atoms with Crippen molar-refractivity contribution in [1.82, 2.24) is 9.13 Å². The molecule has 0 bridgehead atoms. The van der Waals surface area contributed by atoms with Crippen molar-refractivity contribution >= 4 is 26.7 Å². The van der Waals surface area contributed by atoms with E-state index in [9.17, 15) is 9.59 Å². The maximum absolute atomic E-state index is 12.2. The van der Waals surface area contributed by atoms with Crippen molar-refractivity contribution in [2.75, 3.05) is 0 Å². The summed E-state index contributed by atoms with van der Waals surface area (Å²) in [4.78, 5) is 23.7. The minimum atomic E-state index is -0.357. The number of hydrogen-bond acceptors (Lipinski definition) is 2. The molecule has 0 N–H and O–H groups in total. The van der Waals surface area contributed by atoms with Gasteiger partial charge in [0.1, 0.15) is 0 Å². The number of nitrogens with zero attached hydrogens (tertiary/aromatic N) is 2. The van der Waals surface area contributed by atoms with Gasteiger partial charge in [0.15, 0.2) is 0 Å². The summed E-state index contributed by atoms with van der Waals surface area (Å²) in [5, 5.41) is 1.97. The SMILES string of the molecule is Cn1c(=O)ccn(-c2cccc3c(Br)cccc23)c1=O. The second kappa shape index (κ2) is 4.76. The summed E-state index contributed by atoms with van der Waals surface area (Å²) in [6.07, 6.45) is 1.51. The maximum Gasteiger partial charge on any atom is 0.335 e. The van der Waals surface area contributed by atoms with E-state index in [2.05, 4.69) is 15.9 Å². The van der Waals surface area contributed by atoms with E-state index >= 15 is 0 Å². The number of benzene rings is 2. The summed E-state index contributed by atoms with van der Waals surface area (Å²) < 4.78 is 3.54. The van der Waals surface area contributed by atoms with Crippen molar-refractivity contribution in [3.05, 3.63) is 74.0 Å². The summed E-state index contributed by atoms with van der Waals surface area (Å²) in [6.45, 7) is 0. The highest BCUT2D eigenvalue weighted by atomic mass is 79.9. The average molecular weight is 331 g/mol. The smallest absolute Gasteiger partial charge is 0.269 e. The largest absolute Gasteiger partial charge is 0.335 e. The van der Waals surface area contributed by atoms with E-state index in [0.717, 1.165) is 25.5 Å². The van der Waals surface area contributed by atoms with Gasteiger partial charge in [0.05, 0.1) is 5.69 Å². The van der Waals surface area contributed by atoms with E-state index in [1.807, 2.05) is 36.4 Å². The Morgan fingerprint density at radius 2 is 1.65 bits per heavy atom. The number of hydrogen-bond donors (Lipinski definition) is 0. The first-order valence-electron chi connectivity index (χ1n) is 6.06. The molecule has 0 fully saturated rings. The van der Waals surface area contributed by atoms with Crippen LogP contribution < -0.4 is 11.2 Å². The zero-order valence-electron chi connectivity index (χ0n) is 10.7. The molecule has 0 spiro atoms. The van der Waals surface area contributed by atoms with Gasteiger partial charge < -0.3 is 0 Å². The van der Waals surface area contributed by atoms with Crippen molar-refractivity contribution in [3.8, 4) is 5.69 Å². The van der Waals surface area contributed by atoms with Gasteiger partial charge in [-0.1, -0.05) is 40.2 Å². The van der Waals surface area contributed by atoms with Crippen LogP contribution in [0.4, 0.5) is 0 Å². The van der Waals surface area contributed by atoms with Crippen molar-refractivity contribution in [1.29, 1.82) is 0 Å². The maximum atomic E-state index is 12.2. The normalized spacial score (nSPS) is 10.9. The van der Waals surface area contributed by atoms with Crippen LogP contribution in [0.1, 0.15) is 0 Å². The molecule has 0 saturated heterocycles. The van der Waals surface area contributed by atoms with Gasteiger partial charge in [-0.15, -0.1) is 0 Å². The molecular weight excluding hydrogens is 320 g/mol. The Balaban J connectivity index is 2.42. The molecular formula is C15H11BrN2O2. The molecule has 4 nitrogen and oxygen atoms in total. The summed E-state index contributed by atoms with van der Waals surface area (Å²) in [7, 11) is 1.47. The molecule has 0 unspecified atom stereocenters. The van der Waals surface area contributed by atoms with Gasteiger partial charge in [0.2, 0.25) is 0 Å². The van der Waals surface area contributed by atoms with Crippen LogP contribution in [0.5, 0.6) is 0 Å². The summed E-state index contributed by atoms with van der Waals surface area (Å²) in [5.74, 6) is 0. The van der Waals surface area contributed by atoms with Crippen LogP contribution in [0.3, 0.4) is 0 Å². The van der Waals surface area contributed by atoms with Crippen LogP contribution in [-0.2, 0) is 7.05 Å². The molecule has 0 aliphatic heterocycles. The minimum absolute atomic E-state index is 0.312. The second-order valence-corrected chi connectivity index (χ2v) is 5.33. The van der Waals surface area contributed by atoms with Gasteiger partial charge >= 0.3 is 5.69 Å². The van der Waals surface area contributed by atoms with Crippen LogP contribution in [0.2, 0.25) is 0 Å². The molecule has 3 rings (SSSR count). The third-order valence-electron chi connectivity index (χ3n) is 3.30. The Labute approximate surface area is 123 Å². The monoisotopic (exact) mass is 330 g/mol. The first kappa shape index (κ1) is 12.9. The molecule has 0 aliphatic rings. The molecule has 0 saturated carbocycles. The van der Waals surface area contributed by atoms with Crippen LogP contribution >= 0.6 is 15.9 Å². The van der Waals surface area contributed by atoms with Crippen molar-refractivity contribution < 1.29 is 0 Å². The molecule has 20 heavy (non-hydrogen) atoms. The van der Waals surface area contributed by atoms with E-state index in [0.29, 0.717) is 0 Å². The molecule has 2 aromatic carbocycles. The van der Waals surface area contributed by atoms with Crippen molar-refractivity contribution in [3.63, 3.8) is 0 Å². The fourth-order valence-electron chi connectivity index (χ4n) is 2.22. The fraction of sp³-hybridized carbons (Fsp3) is 0.0667. The highest BCUT2D eigenvalue weighted by Crippen LogP contribution is 2.27. The average Bonchev–Trinajstić information content (AvgIpc) is 2.45. The molecule has 100 valence electrons. The van der Waals surface area contributed by atoms with Gasteiger partial charge in [-0.05, 0) is 17.5 Å². The molecule has 0 aliphatic carbocycles. The molecule has 1 aromatic heterocycles. The van der Waals surface area contributed by atoms with E-state index in [1.165, 1.54) is 23.9 Å². The Bertz CT molecular complexity index is 925. The first-order chi connectivity index (χ1) is 9.59. The lowest BCUT2D eigenvalue weighted by Gasteiger charge is -2.11. The van der Waals surface area contributed by atoms with E-state index in [4.69, 9.17) is 0 Å². The van der Waals surface area contributed by atoms with Crippen molar-refractivity contribution in [2.24, 2.45) is 7.05 Å². The van der Waals surface area contributed by atoms with Gasteiger partial charge in [-0.25, -0.2) is 4.79 Å². The van der Waals surface area contributed by atoms with Crippen LogP contribution in [0, 0.1) is 0 Å². The Hall–Kier alpha value is -2.14. The second-order valence-electron chi connectivity index (χ2n) is 4.48. The Morgan fingerprint density at radius 1 is 0.950 bits per heavy atom. The molecule has 0 amide bonds. The summed E-state index contributed by atoms with van der Waals surface area (Å²) in [6, 6.07) is 12.9. The molecule has 0 atom stereocenters. The molecule has 1 heterocycles. The van der Waals surface area contributed by atoms with Crippen LogP contribution in [0.15, 0.2) is 62.7 Å². The number of halogens is 1. The highest BCUT2D eigenvalue weighted by Gasteiger charge is 2.08. The number of fused-ring (bicyclic) bond motifs is 1. The third kappa shape index (κ3) is 1.91. The lowest BCUT2D eigenvalue weighted by molar-refractivity contribution is 0.730. The van der Waals surface area contributed by atoms with Gasteiger partial charge in [-0.3, -0.25) is 13.9 Å². The Morgan fingerprint density at radius 3 is 2.45 bits per heavy atom. The molecule has 0 radical (unpaired) electrons. The quantitative estimate of drug-likeness (QED) is 0.688. The zero-order chi connectivity index (χ0) is 14.3. The van der Waals surface area contributed by atoms with Gasteiger partial charge in [0, 0.05) is 29.2 Å².